The van der Waals surface area contributed by atoms with Crippen molar-refractivity contribution in [1.29, 1.82) is 0 Å². The van der Waals surface area contributed by atoms with Gasteiger partial charge >= 0.3 is 0 Å². The van der Waals surface area contributed by atoms with E-state index in [4.69, 9.17) is 14.2 Å². The van der Waals surface area contributed by atoms with E-state index >= 15 is 0 Å². The molecule has 1 atom stereocenters. The molecule has 0 radical (unpaired) electrons. The SMILES string of the molecule is COc1cc(OC)cc(C(O)C2=CCCO2)c1. The molecule has 0 fully saturated rings. The molecular weight excluding hydrogens is 220 g/mol. The van der Waals surface area contributed by atoms with E-state index in [1.807, 2.05) is 6.08 Å². The first kappa shape index (κ1) is 11.8. The maximum atomic E-state index is 10.2. The molecule has 0 aliphatic carbocycles. The van der Waals surface area contributed by atoms with E-state index in [0.717, 1.165) is 6.42 Å². The van der Waals surface area contributed by atoms with Crippen LogP contribution in [0.2, 0.25) is 0 Å². The average Bonchev–Trinajstić information content (AvgIpc) is 2.91. The quantitative estimate of drug-likeness (QED) is 0.869. The van der Waals surface area contributed by atoms with Crippen molar-refractivity contribution < 1.29 is 19.3 Å². The average molecular weight is 236 g/mol. The number of aliphatic hydroxyl groups excluding tert-OH is 1. The second kappa shape index (κ2) is 5.10. The van der Waals surface area contributed by atoms with Crippen molar-refractivity contribution in [3.05, 3.63) is 35.6 Å². The van der Waals surface area contributed by atoms with Crippen LogP contribution in [0.25, 0.3) is 0 Å². The molecule has 4 heteroatoms. The number of hydrogen-bond acceptors (Lipinski definition) is 4. The Balaban J connectivity index is 2.30. The van der Waals surface area contributed by atoms with Gasteiger partial charge in [-0.25, -0.2) is 0 Å². The van der Waals surface area contributed by atoms with E-state index in [-0.39, 0.29) is 0 Å². The number of hydrogen-bond donors (Lipinski definition) is 1. The van der Waals surface area contributed by atoms with Crippen molar-refractivity contribution in [2.75, 3.05) is 20.8 Å². The minimum absolute atomic E-state index is 0.598. The van der Waals surface area contributed by atoms with Crippen molar-refractivity contribution in [1.82, 2.24) is 0 Å². The van der Waals surface area contributed by atoms with Gasteiger partial charge in [-0.1, -0.05) is 0 Å². The monoisotopic (exact) mass is 236 g/mol. The summed E-state index contributed by atoms with van der Waals surface area (Å²) in [5.74, 6) is 1.90. The fourth-order valence-electron chi connectivity index (χ4n) is 1.78. The van der Waals surface area contributed by atoms with Gasteiger partial charge in [0.05, 0.1) is 20.8 Å². The highest BCUT2D eigenvalue weighted by Crippen LogP contribution is 2.31. The first-order chi connectivity index (χ1) is 8.24. The molecule has 0 bridgehead atoms. The van der Waals surface area contributed by atoms with Crippen molar-refractivity contribution in [3.63, 3.8) is 0 Å². The predicted molar refractivity (Wildman–Crippen MR) is 63.2 cm³/mol. The van der Waals surface area contributed by atoms with Gasteiger partial charge in [-0.3, -0.25) is 0 Å². The van der Waals surface area contributed by atoms with Crippen LogP contribution in [0.15, 0.2) is 30.0 Å². The third-order valence-corrected chi connectivity index (χ3v) is 2.69. The Labute approximate surface area is 100 Å². The lowest BCUT2D eigenvalue weighted by Gasteiger charge is -2.14. The Bertz CT molecular complexity index is 403. The van der Waals surface area contributed by atoms with Crippen molar-refractivity contribution >= 4 is 0 Å². The summed E-state index contributed by atoms with van der Waals surface area (Å²) in [7, 11) is 3.16. The third kappa shape index (κ3) is 2.53. The van der Waals surface area contributed by atoms with Crippen molar-refractivity contribution in [3.8, 4) is 11.5 Å². The highest BCUT2D eigenvalue weighted by atomic mass is 16.5. The third-order valence-electron chi connectivity index (χ3n) is 2.69. The molecule has 1 N–H and O–H groups in total. The molecule has 1 aromatic rings. The fraction of sp³-hybridized carbons (Fsp3) is 0.385. The highest BCUT2D eigenvalue weighted by molar-refractivity contribution is 5.41. The van der Waals surface area contributed by atoms with E-state index in [1.54, 1.807) is 32.4 Å². The first-order valence-corrected chi connectivity index (χ1v) is 5.48. The van der Waals surface area contributed by atoms with Gasteiger partial charge in [-0.15, -0.1) is 0 Å². The highest BCUT2D eigenvalue weighted by Gasteiger charge is 2.19. The summed E-state index contributed by atoms with van der Waals surface area (Å²) in [5, 5.41) is 10.2. The van der Waals surface area contributed by atoms with E-state index in [0.29, 0.717) is 29.4 Å². The van der Waals surface area contributed by atoms with Crippen LogP contribution in [0, 0.1) is 0 Å². The number of ether oxygens (including phenoxy) is 3. The van der Waals surface area contributed by atoms with E-state index < -0.39 is 6.10 Å². The molecule has 1 aliphatic heterocycles. The van der Waals surface area contributed by atoms with Crippen LogP contribution in [-0.4, -0.2) is 25.9 Å². The Morgan fingerprint density at radius 1 is 1.18 bits per heavy atom. The molecule has 4 nitrogen and oxygen atoms in total. The number of rotatable bonds is 4. The Morgan fingerprint density at radius 2 is 1.82 bits per heavy atom. The Kier molecular flexibility index (Phi) is 3.54. The van der Waals surface area contributed by atoms with Gasteiger partial charge in [-0.05, 0) is 23.8 Å². The number of methoxy groups -OCH3 is 2. The molecule has 0 amide bonds. The van der Waals surface area contributed by atoms with Gasteiger partial charge in [-0.2, -0.15) is 0 Å². The molecule has 1 aromatic carbocycles. The molecule has 1 unspecified atom stereocenters. The second-order valence-corrected chi connectivity index (χ2v) is 3.79. The molecule has 1 aliphatic rings. The summed E-state index contributed by atoms with van der Waals surface area (Å²) in [6.45, 7) is 0.632. The largest absolute Gasteiger partial charge is 0.497 e. The maximum Gasteiger partial charge on any atom is 0.136 e. The summed E-state index contributed by atoms with van der Waals surface area (Å²) in [6.07, 6.45) is 1.98. The van der Waals surface area contributed by atoms with E-state index in [9.17, 15) is 5.11 Å². The molecule has 0 spiro atoms. The van der Waals surface area contributed by atoms with Crippen LogP contribution in [0.1, 0.15) is 18.1 Å². The zero-order chi connectivity index (χ0) is 12.3. The van der Waals surface area contributed by atoms with Gasteiger partial charge in [0.2, 0.25) is 0 Å². The summed E-state index contributed by atoms with van der Waals surface area (Å²) in [5.41, 5.74) is 0.703. The van der Waals surface area contributed by atoms with E-state index in [1.165, 1.54) is 0 Å². The lowest BCUT2D eigenvalue weighted by molar-refractivity contribution is 0.118. The molecule has 0 aromatic heterocycles. The van der Waals surface area contributed by atoms with Gasteiger partial charge in [0.1, 0.15) is 23.4 Å². The molecule has 0 saturated carbocycles. The van der Waals surface area contributed by atoms with Crippen LogP contribution in [-0.2, 0) is 4.74 Å². The fourth-order valence-corrected chi connectivity index (χ4v) is 1.78. The summed E-state index contributed by atoms with van der Waals surface area (Å²) < 4.78 is 15.7. The Morgan fingerprint density at radius 3 is 2.29 bits per heavy atom. The van der Waals surface area contributed by atoms with Gasteiger partial charge < -0.3 is 19.3 Å². The molecule has 2 rings (SSSR count). The summed E-state index contributed by atoms with van der Waals surface area (Å²) in [6, 6.07) is 5.31. The van der Waals surface area contributed by atoms with Crippen LogP contribution in [0.5, 0.6) is 11.5 Å². The van der Waals surface area contributed by atoms with Crippen molar-refractivity contribution in [2.24, 2.45) is 0 Å². The van der Waals surface area contributed by atoms with Gasteiger partial charge in [0.25, 0.3) is 0 Å². The minimum atomic E-state index is -0.763. The zero-order valence-corrected chi connectivity index (χ0v) is 9.97. The summed E-state index contributed by atoms with van der Waals surface area (Å²) in [4.78, 5) is 0. The van der Waals surface area contributed by atoms with Crippen LogP contribution in [0.3, 0.4) is 0 Å². The molecule has 92 valence electrons. The normalized spacial score (nSPS) is 16.1. The molecule has 0 saturated heterocycles. The summed E-state index contributed by atoms with van der Waals surface area (Å²) >= 11 is 0. The van der Waals surface area contributed by atoms with E-state index in [2.05, 4.69) is 0 Å². The van der Waals surface area contributed by atoms with Crippen LogP contribution >= 0.6 is 0 Å². The molecule has 17 heavy (non-hydrogen) atoms. The molecular formula is C13H16O4. The van der Waals surface area contributed by atoms with Crippen LogP contribution < -0.4 is 9.47 Å². The van der Waals surface area contributed by atoms with Gasteiger partial charge in [0, 0.05) is 12.5 Å². The molecule has 1 heterocycles. The standard InChI is InChI=1S/C13H16O4/c1-15-10-6-9(7-11(8-10)16-2)13(14)12-4-3-5-17-12/h4,6-8,13-14H,3,5H2,1-2H3. The number of benzene rings is 1. The van der Waals surface area contributed by atoms with Crippen molar-refractivity contribution in [2.45, 2.75) is 12.5 Å². The second-order valence-electron chi connectivity index (χ2n) is 3.79. The topological polar surface area (TPSA) is 47.9 Å². The lowest BCUT2D eigenvalue weighted by atomic mass is 10.1. The van der Waals surface area contributed by atoms with Crippen LogP contribution in [0.4, 0.5) is 0 Å². The first-order valence-electron chi connectivity index (χ1n) is 5.48. The predicted octanol–water partition coefficient (Wildman–Crippen LogP) is 2.04. The zero-order valence-electron chi connectivity index (χ0n) is 9.97. The minimum Gasteiger partial charge on any atom is -0.497 e. The lowest BCUT2D eigenvalue weighted by Crippen LogP contribution is -2.03. The van der Waals surface area contributed by atoms with Gasteiger partial charge in [0.15, 0.2) is 0 Å². The maximum absolute atomic E-state index is 10.2. The Hall–Kier alpha value is -1.68. The smallest absolute Gasteiger partial charge is 0.136 e. The number of aliphatic hydroxyl groups is 1.